The highest BCUT2D eigenvalue weighted by Crippen LogP contribution is 2.58. The lowest BCUT2D eigenvalue weighted by Crippen LogP contribution is -2.31. The molecule has 11 nitrogen and oxygen atoms in total. The maximum absolute atomic E-state index is 13.1. The third-order valence-corrected chi connectivity index (χ3v) is 6.21. The fourth-order valence-electron chi connectivity index (χ4n) is 2.63. The molecule has 1 aromatic rings. The second kappa shape index (κ2) is 8.81. The maximum Gasteiger partial charge on any atom is 0.357 e. The van der Waals surface area contributed by atoms with E-state index in [4.69, 9.17) is 19.5 Å². The molecule has 1 unspecified atom stereocenters. The van der Waals surface area contributed by atoms with Crippen molar-refractivity contribution >= 4 is 13.5 Å². The number of aliphatic hydroxyl groups is 2. The molecule has 12 heteroatoms. The summed E-state index contributed by atoms with van der Waals surface area (Å²) in [6, 6.07) is 0. The van der Waals surface area contributed by atoms with E-state index in [1.54, 1.807) is 34.6 Å². The number of rotatable bonds is 8. The van der Waals surface area contributed by atoms with Gasteiger partial charge in [0.05, 0.1) is 12.2 Å². The molecule has 2 rings (SSSR count). The first-order valence-corrected chi connectivity index (χ1v) is 10.4. The molecule has 4 atom stereocenters. The van der Waals surface area contributed by atoms with Gasteiger partial charge in [0, 0.05) is 5.31 Å². The number of ether oxygens (including phenoxy) is 1. The van der Waals surface area contributed by atoms with E-state index in [1.165, 1.54) is 6.08 Å². The van der Waals surface area contributed by atoms with E-state index in [0.717, 1.165) is 11.0 Å². The normalized spacial score (nSPS) is 26.4. The zero-order valence-electron chi connectivity index (χ0n) is 16.4. The lowest BCUT2D eigenvalue weighted by atomic mass is 10.1. The fourth-order valence-corrected chi connectivity index (χ4v) is 4.45. The number of carbonyl (C=O) groups is 1. The Kier molecular flexibility index (Phi) is 7.13. The minimum absolute atomic E-state index is 0.239. The van der Waals surface area contributed by atoms with Gasteiger partial charge in [-0.1, -0.05) is 0 Å². The predicted molar refractivity (Wildman–Crippen MR) is 98.3 cm³/mol. The summed E-state index contributed by atoms with van der Waals surface area (Å²) >= 11 is 0. The van der Waals surface area contributed by atoms with Crippen LogP contribution in [0, 0.1) is 0 Å². The van der Waals surface area contributed by atoms with Crippen molar-refractivity contribution in [2.45, 2.75) is 71.4 Å². The zero-order valence-corrected chi connectivity index (χ0v) is 17.3. The summed E-state index contributed by atoms with van der Waals surface area (Å²) in [5, 5.41) is 24.7. The summed E-state index contributed by atoms with van der Waals surface area (Å²) in [5.41, 5.74) is 5.11. The molecular weight excluding hydrogens is 391 g/mol. The standard InChI is InChI=1S/C16H27N4O7P/c1-8(2)26-28(24,27-9(3)4)10(5)6-11-12(21)13(22)16(25-11)20-7-18-15(19-20)14(17)23/h6-9,11-13,16,21-22H,1-5H3,(H2,17,23)/b10-6+/t11-,12-,13-,16?/m1/s1. The molecule has 0 spiro atoms. The van der Waals surface area contributed by atoms with Crippen molar-refractivity contribution in [3.63, 3.8) is 0 Å². The monoisotopic (exact) mass is 418 g/mol. The molecule has 1 aliphatic heterocycles. The first-order chi connectivity index (χ1) is 12.9. The Hall–Kier alpha value is -1.62. The summed E-state index contributed by atoms with van der Waals surface area (Å²) in [7, 11) is -3.63. The number of primary amides is 1. The second-order valence-corrected chi connectivity index (χ2v) is 9.12. The van der Waals surface area contributed by atoms with Crippen molar-refractivity contribution in [1.29, 1.82) is 0 Å². The molecule has 0 aromatic carbocycles. The van der Waals surface area contributed by atoms with Gasteiger partial charge in [-0.2, -0.15) is 0 Å². The van der Waals surface area contributed by atoms with Crippen LogP contribution in [0.15, 0.2) is 17.7 Å². The molecule has 0 bridgehead atoms. The molecule has 1 aromatic heterocycles. The number of aliphatic hydroxyl groups excluding tert-OH is 2. The molecule has 2 heterocycles. The van der Waals surface area contributed by atoms with Crippen LogP contribution in [0.2, 0.25) is 0 Å². The topological polar surface area (TPSA) is 159 Å². The third kappa shape index (κ3) is 5.05. The lowest BCUT2D eigenvalue weighted by molar-refractivity contribution is -0.0347. The largest absolute Gasteiger partial charge is 0.387 e. The molecule has 4 N–H and O–H groups in total. The van der Waals surface area contributed by atoms with E-state index in [0.29, 0.717) is 0 Å². The average Bonchev–Trinajstić information content (AvgIpc) is 3.14. The quantitative estimate of drug-likeness (QED) is 0.522. The smallest absolute Gasteiger partial charge is 0.357 e. The van der Waals surface area contributed by atoms with Crippen molar-refractivity contribution < 1.29 is 33.4 Å². The van der Waals surface area contributed by atoms with E-state index in [-0.39, 0.29) is 23.3 Å². The number of carbonyl (C=O) groups excluding carboxylic acids is 1. The SMILES string of the molecule is C/C(=C\[C@H]1OC(n2cnc(C(N)=O)n2)[C@H](O)[C@@H]1O)P(=O)(OC(C)C)OC(C)C. The summed E-state index contributed by atoms with van der Waals surface area (Å²) in [6.07, 6.45) is -2.99. The van der Waals surface area contributed by atoms with Gasteiger partial charge < -0.3 is 29.7 Å². The minimum atomic E-state index is -3.63. The van der Waals surface area contributed by atoms with Crippen LogP contribution in [-0.4, -0.2) is 61.4 Å². The van der Waals surface area contributed by atoms with Gasteiger partial charge in [-0.3, -0.25) is 9.36 Å². The number of allylic oxidation sites excluding steroid dienone is 1. The molecule has 1 amide bonds. The van der Waals surface area contributed by atoms with Crippen molar-refractivity contribution in [2.24, 2.45) is 5.73 Å². The van der Waals surface area contributed by atoms with Gasteiger partial charge in [0.1, 0.15) is 24.6 Å². The predicted octanol–water partition coefficient (Wildman–Crippen LogP) is 0.943. The Balaban J connectivity index is 2.25. The number of aromatic nitrogens is 3. The van der Waals surface area contributed by atoms with E-state index < -0.39 is 38.0 Å². The van der Waals surface area contributed by atoms with E-state index in [2.05, 4.69) is 10.1 Å². The Bertz CT molecular complexity index is 765. The maximum atomic E-state index is 13.1. The Morgan fingerprint density at radius 1 is 1.29 bits per heavy atom. The van der Waals surface area contributed by atoms with Gasteiger partial charge in [0.25, 0.3) is 5.91 Å². The number of hydrogen-bond acceptors (Lipinski definition) is 9. The first-order valence-electron chi connectivity index (χ1n) is 8.83. The van der Waals surface area contributed by atoms with Crippen LogP contribution in [-0.2, 0) is 18.3 Å². The molecule has 1 aliphatic rings. The second-order valence-electron chi connectivity index (χ2n) is 7.00. The van der Waals surface area contributed by atoms with Crippen LogP contribution < -0.4 is 5.73 Å². The summed E-state index contributed by atoms with van der Waals surface area (Å²) < 4.78 is 30.9. The Labute approximate surface area is 163 Å². The first kappa shape index (κ1) is 22.7. The lowest BCUT2D eigenvalue weighted by Gasteiger charge is -2.24. The minimum Gasteiger partial charge on any atom is -0.387 e. The molecule has 28 heavy (non-hydrogen) atoms. The van der Waals surface area contributed by atoms with Gasteiger partial charge in [-0.25, -0.2) is 9.67 Å². The van der Waals surface area contributed by atoms with Crippen LogP contribution in [0.25, 0.3) is 0 Å². The molecule has 0 saturated carbocycles. The van der Waals surface area contributed by atoms with Crippen molar-refractivity contribution in [3.8, 4) is 0 Å². The molecule has 1 saturated heterocycles. The van der Waals surface area contributed by atoms with Crippen LogP contribution in [0.5, 0.6) is 0 Å². The van der Waals surface area contributed by atoms with Gasteiger partial charge >= 0.3 is 7.60 Å². The van der Waals surface area contributed by atoms with Crippen molar-refractivity contribution in [1.82, 2.24) is 14.8 Å². The number of nitrogens with two attached hydrogens (primary N) is 1. The average molecular weight is 418 g/mol. The fraction of sp³-hybridized carbons (Fsp3) is 0.688. The molecule has 1 fully saturated rings. The summed E-state index contributed by atoms with van der Waals surface area (Å²) in [4.78, 5) is 14.8. The number of amides is 1. The molecule has 0 radical (unpaired) electrons. The molecule has 158 valence electrons. The number of hydrogen-bond donors (Lipinski definition) is 3. The summed E-state index contributed by atoms with van der Waals surface area (Å²) in [6.45, 7) is 8.45. The van der Waals surface area contributed by atoms with Crippen molar-refractivity contribution in [2.75, 3.05) is 0 Å². The van der Waals surface area contributed by atoms with Crippen LogP contribution >= 0.6 is 7.60 Å². The van der Waals surface area contributed by atoms with E-state index in [1.807, 2.05) is 0 Å². The summed E-state index contributed by atoms with van der Waals surface area (Å²) in [5.74, 6) is -1.09. The Morgan fingerprint density at radius 2 is 1.86 bits per heavy atom. The van der Waals surface area contributed by atoms with E-state index >= 15 is 0 Å². The van der Waals surface area contributed by atoms with Crippen LogP contribution in [0.3, 0.4) is 0 Å². The van der Waals surface area contributed by atoms with Crippen molar-refractivity contribution in [3.05, 3.63) is 23.5 Å². The van der Waals surface area contributed by atoms with Crippen LogP contribution in [0.4, 0.5) is 0 Å². The molecule has 0 aliphatic carbocycles. The zero-order chi connectivity index (χ0) is 21.2. The molecular formula is C16H27N4O7P. The highest BCUT2D eigenvalue weighted by atomic mass is 31.2. The van der Waals surface area contributed by atoms with Gasteiger partial charge in [0.15, 0.2) is 6.23 Å². The third-order valence-electron chi connectivity index (χ3n) is 3.80. The van der Waals surface area contributed by atoms with Gasteiger partial charge in [-0.15, -0.1) is 5.10 Å². The van der Waals surface area contributed by atoms with Gasteiger partial charge in [-0.05, 0) is 40.7 Å². The number of nitrogens with zero attached hydrogens (tertiary/aromatic N) is 3. The highest BCUT2D eigenvalue weighted by molar-refractivity contribution is 7.58. The highest BCUT2D eigenvalue weighted by Gasteiger charge is 2.44. The van der Waals surface area contributed by atoms with Gasteiger partial charge in [0.2, 0.25) is 5.82 Å². The van der Waals surface area contributed by atoms with E-state index in [9.17, 15) is 19.6 Å². The Morgan fingerprint density at radius 3 is 2.32 bits per heavy atom. The van der Waals surface area contributed by atoms with Crippen LogP contribution in [0.1, 0.15) is 51.5 Å².